The highest BCUT2D eigenvalue weighted by atomic mass is 35.5. The van der Waals surface area contributed by atoms with E-state index >= 15 is 0 Å². The number of hydrogen-bond donors (Lipinski definition) is 2. The van der Waals surface area contributed by atoms with E-state index in [1.54, 1.807) is 31.5 Å². The van der Waals surface area contributed by atoms with Crippen molar-refractivity contribution in [2.75, 3.05) is 19.5 Å². The number of hydrogen-bond acceptors (Lipinski definition) is 6. The minimum absolute atomic E-state index is 0.246. The van der Waals surface area contributed by atoms with E-state index in [9.17, 15) is 4.79 Å². The molecule has 0 radical (unpaired) electrons. The number of methoxy groups -OCH3 is 2. The number of rotatable bonds is 7. The average Bonchev–Trinajstić information content (AvgIpc) is 2.82. The van der Waals surface area contributed by atoms with Crippen molar-refractivity contribution < 1.29 is 19.0 Å². The van der Waals surface area contributed by atoms with Crippen molar-refractivity contribution in [3.63, 3.8) is 0 Å². The number of nitrogens with zero attached hydrogens (tertiary/aromatic N) is 1. The number of anilines is 1. The second-order valence-corrected chi connectivity index (χ2v) is 7.70. The lowest BCUT2D eigenvalue weighted by Crippen LogP contribution is -2.23. The minimum atomic E-state index is -0.593. The highest BCUT2D eigenvalue weighted by Crippen LogP contribution is 2.29. The number of ether oxygens (including phenoxy) is 3. The molecule has 0 aliphatic heterocycles. The Hall–Kier alpha value is -3.33. The summed E-state index contributed by atoms with van der Waals surface area (Å²) in [5.74, 6) is 0.754. The Labute approximate surface area is 206 Å². The van der Waals surface area contributed by atoms with Gasteiger partial charge in [0.1, 0.15) is 5.75 Å². The molecule has 0 heterocycles. The van der Waals surface area contributed by atoms with Gasteiger partial charge in [-0.15, -0.1) is 0 Å². The predicted octanol–water partition coefficient (Wildman–Crippen LogP) is 5.55. The number of esters is 1. The third-order valence-electron chi connectivity index (χ3n) is 4.27. The fourth-order valence-electron chi connectivity index (χ4n) is 2.63. The van der Waals surface area contributed by atoms with Crippen molar-refractivity contribution in [2.24, 2.45) is 5.10 Å². The third kappa shape index (κ3) is 6.82. The Kier molecular flexibility index (Phi) is 8.48. The van der Waals surface area contributed by atoms with Gasteiger partial charge >= 0.3 is 5.97 Å². The minimum Gasteiger partial charge on any atom is -0.497 e. The zero-order chi connectivity index (χ0) is 23.8. The van der Waals surface area contributed by atoms with Gasteiger partial charge in [-0.3, -0.25) is 5.43 Å². The molecule has 3 rings (SSSR count). The lowest BCUT2D eigenvalue weighted by atomic mass is 10.2. The number of nitrogens with one attached hydrogen (secondary N) is 2. The first-order chi connectivity index (χ1) is 15.9. The zero-order valence-corrected chi connectivity index (χ0v) is 19.9. The third-order valence-corrected chi connectivity index (χ3v) is 5.21. The number of hydrazone groups is 1. The monoisotopic (exact) mass is 503 g/mol. The molecule has 170 valence electrons. The summed E-state index contributed by atoms with van der Waals surface area (Å²) in [6.45, 7) is 0. The van der Waals surface area contributed by atoms with Gasteiger partial charge in [0.25, 0.3) is 0 Å². The van der Waals surface area contributed by atoms with Crippen LogP contribution in [0.25, 0.3) is 0 Å². The molecule has 33 heavy (non-hydrogen) atoms. The van der Waals surface area contributed by atoms with Gasteiger partial charge in [-0.05, 0) is 78.4 Å². The van der Waals surface area contributed by atoms with E-state index in [1.807, 2.05) is 24.3 Å². The highest BCUT2D eigenvalue weighted by molar-refractivity contribution is 7.80. The van der Waals surface area contributed by atoms with Crippen LogP contribution in [0.4, 0.5) is 5.69 Å². The molecule has 3 aromatic carbocycles. The normalized spacial score (nSPS) is 10.5. The van der Waals surface area contributed by atoms with E-state index in [0.29, 0.717) is 21.4 Å². The van der Waals surface area contributed by atoms with Gasteiger partial charge < -0.3 is 19.5 Å². The first-order valence-corrected chi connectivity index (χ1v) is 10.7. The standard InChI is InChI=1S/C23H19Cl2N3O4S/c1-30-17-7-5-16(6-8-17)27-23(33)28-26-13-14-3-10-20(21(11-14)31-2)32-22(29)15-4-9-18(24)19(25)12-15/h3-13H,1-2H3,(H2,27,28,33). The molecule has 0 spiro atoms. The maximum atomic E-state index is 12.4. The highest BCUT2D eigenvalue weighted by Gasteiger charge is 2.14. The van der Waals surface area contributed by atoms with E-state index in [-0.39, 0.29) is 16.3 Å². The van der Waals surface area contributed by atoms with Crippen molar-refractivity contribution in [1.82, 2.24) is 5.43 Å². The quantitative estimate of drug-likeness (QED) is 0.144. The van der Waals surface area contributed by atoms with Crippen LogP contribution in [0, 0.1) is 0 Å². The molecule has 0 saturated carbocycles. The molecule has 0 unspecified atom stereocenters. The summed E-state index contributed by atoms with van der Waals surface area (Å²) in [6, 6.07) is 16.8. The largest absolute Gasteiger partial charge is 0.497 e. The predicted molar refractivity (Wildman–Crippen MR) is 134 cm³/mol. The van der Waals surface area contributed by atoms with Crippen LogP contribution in [0.1, 0.15) is 15.9 Å². The topological polar surface area (TPSA) is 81.2 Å². The summed E-state index contributed by atoms with van der Waals surface area (Å²) >= 11 is 17.1. The maximum Gasteiger partial charge on any atom is 0.343 e. The van der Waals surface area contributed by atoms with Gasteiger partial charge in [-0.2, -0.15) is 5.10 Å². The SMILES string of the molecule is COc1ccc(NC(=S)NN=Cc2ccc(OC(=O)c3ccc(Cl)c(Cl)c3)c(OC)c2)cc1. The van der Waals surface area contributed by atoms with Gasteiger partial charge in [0.2, 0.25) is 0 Å². The summed E-state index contributed by atoms with van der Waals surface area (Å²) in [5.41, 5.74) is 4.48. The lowest BCUT2D eigenvalue weighted by molar-refractivity contribution is 0.0729. The van der Waals surface area contributed by atoms with Crippen molar-refractivity contribution in [3.8, 4) is 17.2 Å². The number of carbonyl (C=O) groups is 1. The lowest BCUT2D eigenvalue weighted by Gasteiger charge is -2.10. The van der Waals surface area contributed by atoms with Crippen LogP contribution in [-0.2, 0) is 0 Å². The molecule has 0 atom stereocenters. The van der Waals surface area contributed by atoms with Gasteiger partial charge in [0.15, 0.2) is 16.6 Å². The number of thiocarbonyl (C=S) groups is 1. The zero-order valence-electron chi connectivity index (χ0n) is 17.6. The number of halogens is 2. The van der Waals surface area contributed by atoms with E-state index in [0.717, 1.165) is 11.4 Å². The van der Waals surface area contributed by atoms with Crippen molar-refractivity contribution in [1.29, 1.82) is 0 Å². The molecule has 0 aromatic heterocycles. The second kappa shape index (κ2) is 11.5. The van der Waals surface area contributed by atoms with Crippen molar-refractivity contribution in [2.45, 2.75) is 0 Å². The fraction of sp³-hybridized carbons (Fsp3) is 0.0870. The van der Waals surface area contributed by atoms with Crippen LogP contribution < -0.4 is 25.0 Å². The summed E-state index contributed by atoms with van der Waals surface area (Å²) in [6.07, 6.45) is 1.55. The van der Waals surface area contributed by atoms with Gasteiger partial charge in [0, 0.05) is 5.69 Å². The van der Waals surface area contributed by atoms with Crippen LogP contribution in [0.2, 0.25) is 10.0 Å². The Bertz CT molecular complexity index is 1190. The Balaban J connectivity index is 1.61. The molecule has 2 N–H and O–H groups in total. The van der Waals surface area contributed by atoms with Gasteiger partial charge in [-0.25, -0.2) is 4.79 Å². The van der Waals surface area contributed by atoms with E-state index < -0.39 is 5.97 Å². The Morgan fingerprint density at radius 2 is 1.70 bits per heavy atom. The molecule has 0 aliphatic carbocycles. The average molecular weight is 504 g/mol. The summed E-state index contributed by atoms with van der Waals surface area (Å²) in [7, 11) is 3.07. The summed E-state index contributed by atoms with van der Waals surface area (Å²) in [5, 5.41) is 8.04. The van der Waals surface area contributed by atoms with E-state index in [1.165, 1.54) is 25.3 Å². The number of carbonyl (C=O) groups excluding carboxylic acids is 1. The molecule has 10 heteroatoms. The molecular formula is C23H19Cl2N3O4S. The molecule has 3 aromatic rings. The molecule has 0 bridgehead atoms. The van der Waals surface area contributed by atoms with Crippen LogP contribution in [0.15, 0.2) is 65.8 Å². The smallest absolute Gasteiger partial charge is 0.343 e. The van der Waals surface area contributed by atoms with Crippen molar-refractivity contribution >= 4 is 58.4 Å². The van der Waals surface area contributed by atoms with Crippen molar-refractivity contribution in [3.05, 3.63) is 81.8 Å². The summed E-state index contributed by atoms with van der Waals surface area (Å²) in [4.78, 5) is 12.4. The molecule has 0 saturated heterocycles. The summed E-state index contributed by atoms with van der Waals surface area (Å²) < 4.78 is 15.9. The fourth-order valence-corrected chi connectivity index (χ4v) is 3.10. The van der Waals surface area contributed by atoms with Gasteiger partial charge in [-0.1, -0.05) is 23.2 Å². The first-order valence-electron chi connectivity index (χ1n) is 9.49. The molecule has 7 nitrogen and oxygen atoms in total. The Morgan fingerprint density at radius 1 is 0.939 bits per heavy atom. The van der Waals surface area contributed by atoms with E-state index in [2.05, 4.69) is 15.8 Å². The Morgan fingerprint density at radius 3 is 2.36 bits per heavy atom. The molecular weight excluding hydrogens is 485 g/mol. The second-order valence-electron chi connectivity index (χ2n) is 6.48. The number of benzene rings is 3. The van der Waals surface area contributed by atoms with Crippen LogP contribution in [0.3, 0.4) is 0 Å². The molecule has 0 fully saturated rings. The molecule has 0 aliphatic rings. The van der Waals surface area contributed by atoms with Gasteiger partial charge in [0.05, 0.1) is 36.0 Å². The molecule has 0 amide bonds. The van der Waals surface area contributed by atoms with Crippen LogP contribution in [-0.4, -0.2) is 31.5 Å². The van der Waals surface area contributed by atoms with Crippen LogP contribution in [0.5, 0.6) is 17.2 Å². The maximum absolute atomic E-state index is 12.4. The van der Waals surface area contributed by atoms with Crippen LogP contribution >= 0.6 is 35.4 Å². The van der Waals surface area contributed by atoms with E-state index in [4.69, 9.17) is 49.6 Å². The first kappa shape index (κ1) is 24.3.